The minimum atomic E-state index is -0.624. The molecule has 1 amide bonds. The molecule has 1 aliphatic rings. The number of benzene rings is 1. The summed E-state index contributed by atoms with van der Waals surface area (Å²) in [5.41, 5.74) is 2.06. The van der Waals surface area contributed by atoms with E-state index in [-0.39, 0.29) is 33.9 Å². The van der Waals surface area contributed by atoms with Crippen LogP contribution in [0.5, 0.6) is 0 Å². The first kappa shape index (κ1) is 14.5. The number of hydrazine groups is 1. The molecule has 2 rings (SSSR count). The van der Waals surface area contributed by atoms with Gasteiger partial charge in [-0.3, -0.25) is 20.8 Å². The van der Waals surface area contributed by atoms with E-state index in [1.54, 1.807) is 11.9 Å². The van der Waals surface area contributed by atoms with Crippen LogP contribution in [0.4, 0.5) is 11.4 Å². The summed E-state index contributed by atoms with van der Waals surface area (Å²) >= 11 is 5.94. The number of carbonyl (C=O) groups is 1. The average molecular weight is 299 g/mol. The third-order valence-electron chi connectivity index (χ3n) is 3.60. The van der Waals surface area contributed by atoms with Crippen molar-refractivity contribution in [1.29, 1.82) is 0 Å². The normalized spacial score (nSPS) is 14.6. The van der Waals surface area contributed by atoms with Gasteiger partial charge in [0.15, 0.2) is 0 Å². The van der Waals surface area contributed by atoms with Crippen molar-refractivity contribution in [3.05, 3.63) is 32.8 Å². The Hall–Kier alpha value is -1.86. The Balaban J connectivity index is 2.36. The second-order valence-electron chi connectivity index (χ2n) is 4.75. The number of halogens is 1. The number of nitrogens with two attached hydrogens (primary N) is 1. The van der Waals surface area contributed by atoms with E-state index in [1.807, 2.05) is 0 Å². The van der Waals surface area contributed by atoms with E-state index < -0.39 is 4.92 Å². The maximum absolute atomic E-state index is 12.3. The summed E-state index contributed by atoms with van der Waals surface area (Å²) in [7, 11) is 1.70. The Kier molecular flexibility index (Phi) is 4.10. The summed E-state index contributed by atoms with van der Waals surface area (Å²) in [4.78, 5) is 24.3. The fourth-order valence-corrected chi connectivity index (χ4v) is 2.41. The van der Waals surface area contributed by atoms with Crippen LogP contribution in [0.2, 0.25) is 5.02 Å². The minimum Gasteiger partial charge on any atom is -0.339 e. The number of nitrogens with zero attached hydrogens (tertiary/aromatic N) is 2. The molecule has 1 fully saturated rings. The zero-order chi connectivity index (χ0) is 14.9. The molecule has 0 atom stereocenters. The predicted molar refractivity (Wildman–Crippen MR) is 75.6 cm³/mol. The van der Waals surface area contributed by atoms with Gasteiger partial charge in [-0.05, 0) is 25.3 Å². The van der Waals surface area contributed by atoms with Gasteiger partial charge in [-0.1, -0.05) is 11.6 Å². The van der Waals surface area contributed by atoms with Crippen molar-refractivity contribution in [1.82, 2.24) is 4.90 Å². The van der Waals surface area contributed by atoms with E-state index in [2.05, 4.69) is 5.43 Å². The van der Waals surface area contributed by atoms with Gasteiger partial charge in [-0.2, -0.15) is 0 Å². The lowest BCUT2D eigenvalue weighted by Gasteiger charge is -2.34. The standard InChI is InChI=1S/C12H15ClN4O3/c1-16(8-3-2-4-8)12(18)7-5-9(13)11(15-14)10(6-7)17(19)20/h5-6,8,15H,2-4,14H2,1H3. The Morgan fingerprint density at radius 3 is 2.65 bits per heavy atom. The molecule has 1 saturated carbocycles. The van der Waals surface area contributed by atoms with E-state index in [1.165, 1.54) is 12.1 Å². The molecule has 8 heteroatoms. The van der Waals surface area contributed by atoms with Crippen LogP contribution in [0.15, 0.2) is 12.1 Å². The molecule has 1 aliphatic carbocycles. The van der Waals surface area contributed by atoms with Crippen molar-refractivity contribution in [2.24, 2.45) is 5.84 Å². The molecule has 0 spiro atoms. The maximum atomic E-state index is 12.3. The van der Waals surface area contributed by atoms with Gasteiger partial charge in [0.25, 0.3) is 11.6 Å². The maximum Gasteiger partial charge on any atom is 0.295 e. The van der Waals surface area contributed by atoms with Crippen LogP contribution < -0.4 is 11.3 Å². The van der Waals surface area contributed by atoms with Gasteiger partial charge >= 0.3 is 0 Å². The van der Waals surface area contributed by atoms with E-state index in [9.17, 15) is 14.9 Å². The van der Waals surface area contributed by atoms with Crippen molar-refractivity contribution < 1.29 is 9.72 Å². The largest absolute Gasteiger partial charge is 0.339 e. The van der Waals surface area contributed by atoms with Crippen LogP contribution in [0.25, 0.3) is 0 Å². The third kappa shape index (κ3) is 2.54. The molecule has 0 bridgehead atoms. The van der Waals surface area contributed by atoms with Crippen LogP contribution in [0.3, 0.4) is 0 Å². The lowest BCUT2D eigenvalue weighted by atomic mass is 9.91. The van der Waals surface area contributed by atoms with Gasteiger partial charge < -0.3 is 10.3 Å². The van der Waals surface area contributed by atoms with Crippen LogP contribution in [0, 0.1) is 10.1 Å². The average Bonchev–Trinajstić information content (AvgIpc) is 2.34. The molecular weight excluding hydrogens is 284 g/mol. The van der Waals surface area contributed by atoms with Crippen molar-refractivity contribution in [3.63, 3.8) is 0 Å². The lowest BCUT2D eigenvalue weighted by molar-refractivity contribution is -0.384. The molecular formula is C12H15ClN4O3. The smallest absolute Gasteiger partial charge is 0.295 e. The van der Waals surface area contributed by atoms with E-state index >= 15 is 0 Å². The van der Waals surface area contributed by atoms with Crippen molar-refractivity contribution in [2.75, 3.05) is 12.5 Å². The molecule has 3 N–H and O–H groups in total. The second kappa shape index (κ2) is 5.64. The zero-order valence-electron chi connectivity index (χ0n) is 10.9. The van der Waals surface area contributed by atoms with E-state index in [0.29, 0.717) is 0 Å². The molecule has 1 aromatic carbocycles. The van der Waals surface area contributed by atoms with Gasteiger partial charge in [-0.15, -0.1) is 0 Å². The van der Waals surface area contributed by atoms with Gasteiger partial charge in [-0.25, -0.2) is 0 Å². The zero-order valence-corrected chi connectivity index (χ0v) is 11.7. The van der Waals surface area contributed by atoms with Crippen molar-refractivity contribution in [2.45, 2.75) is 25.3 Å². The number of nitro benzene ring substituents is 1. The highest BCUT2D eigenvalue weighted by atomic mass is 35.5. The number of carbonyl (C=O) groups excluding carboxylic acids is 1. The topological polar surface area (TPSA) is 102 Å². The number of nitrogen functional groups attached to an aromatic ring is 1. The monoisotopic (exact) mass is 298 g/mol. The quantitative estimate of drug-likeness (QED) is 0.504. The number of nitro groups is 1. The molecule has 20 heavy (non-hydrogen) atoms. The lowest BCUT2D eigenvalue weighted by Crippen LogP contribution is -2.41. The van der Waals surface area contributed by atoms with Crippen molar-refractivity contribution >= 4 is 28.9 Å². The van der Waals surface area contributed by atoms with E-state index in [0.717, 1.165) is 19.3 Å². The Bertz CT molecular complexity index is 560. The summed E-state index contributed by atoms with van der Waals surface area (Å²) in [5.74, 6) is 4.95. The molecule has 0 radical (unpaired) electrons. The van der Waals surface area contributed by atoms with Crippen LogP contribution in [-0.4, -0.2) is 28.8 Å². The Labute approximate surface area is 120 Å². The van der Waals surface area contributed by atoms with Crippen LogP contribution >= 0.6 is 11.6 Å². The molecule has 0 heterocycles. The first-order valence-corrected chi connectivity index (χ1v) is 6.55. The van der Waals surface area contributed by atoms with Gasteiger partial charge in [0.1, 0.15) is 5.69 Å². The second-order valence-corrected chi connectivity index (χ2v) is 5.16. The SMILES string of the molecule is CN(C(=O)c1cc(Cl)c(NN)c([N+](=O)[O-])c1)C1CCC1. The number of amides is 1. The van der Waals surface area contributed by atoms with Crippen LogP contribution in [-0.2, 0) is 0 Å². The molecule has 0 saturated heterocycles. The molecule has 0 unspecified atom stereocenters. The number of anilines is 1. The van der Waals surface area contributed by atoms with Gasteiger partial charge in [0, 0.05) is 24.7 Å². The molecule has 1 aromatic rings. The van der Waals surface area contributed by atoms with Gasteiger partial charge in [0.2, 0.25) is 0 Å². The predicted octanol–water partition coefficient (Wildman–Crippen LogP) is 2.16. The summed E-state index contributed by atoms with van der Waals surface area (Å²) in [6.45, 7) is 0. The summed E-state index contributed by atoms with van der Waals surface area (Å²) < 4.78 is 0. The fourth-order valence-electron chi connectivity index (χ4n) is 2.15. The van der Waals surface area contributed by atoms with Crippen LogP contribution in [0.1, 0.15) is 29.6 Å². The number of nitrogens with one attached hydrogen (secondary N) is 1. The third-order valence-corrected chi connectivity index (χ3v) is 3.90. The highest BCUT2D eigenvalue weighted by Crippen LogP contribution is 2.34. The van der Waals surface area contributed by atoms with E-state index in [4.69, 9.17) is 17.4 Å². The first-order chi connectivity index (χ1) is 9.45. The highest BCUT2D eigenvalue weighted by molar-refractivity contribution is 6.34. The Morgan fingerprint density at radius 1 is 1.55 bits per heavy atom. The van der Waals surface area contributed by atoms with Gasteiger partial charge in [0.05, 0.1) is 9.95 Å². The fraction of sp³-hybridized carbons (Fsp3) is 0.417. The molecule has 0 aliphatic heterocycles. The molecule has 7 nitrogen and oxygen atoms in total. The first-order valence-electron chi connectivity index (χ1n) is 6.17. The summed E-state index contributed by atoms with van der Waals surface area (Å²) in [5, 5.41) is 11.1. The highest BCUT2D eigenvalue weighted by Gasteiger charge is 2.28. The summed E-state index contributed by atoms with van der Waals surface area (Å²) in [6.07, 6.45) is 3.01. The molecule has 108 valence electrons. The number of hydrogen-bond donors (Lipinski definition) is 2. The summed E-state index contributed by atoms with van der Waals surface area (Å²) in [6, 6.07) is 2.78. The minimum absolute atomic E-state index is 0.000450. The van der Waals surface area contributed by atoms with Crippen molar-refractivity contribution in [3.8, 4) is 0 Å². The molecule has 0 aromatic heterocycles. The number of hydrogen-bond acceptors (Lipinski definition) is 5. The number of rotatable bonds is 4. The Morgan fingerprint density at radius 2 is 2.20 bits per heavy atom.